The minimum Gasteiger partial charge on any atom is -0.441 e. The highest BCUT2D eigenvalue weighted by Gasteiger charge is 2.29. The lowest BCUT2D eigenvalue weighted by molar-refractivity contribution is -0.137. The van der Waals surface area contributed by atoms with Gasteiger partial charge in [0.05, 0.1) is 17.7 Å². The lowest BCUT2D eigenvalue weighted by Gasteiger charge is -2.09. The van der Waals surface area contributed by atoms with Crippen LogP contribution in [0.4, 0.5) is 18.9 Å². The Morgan fingerprint density at radius 2 is 1.81 bits per heavy atom. The van der Waals surface area contributed by atoms with Crippen molar-refractivity contribution in [1.82, 2.24) is 4.98 Å². The third-order valence-electron chi connectivity index (χ3n) is 4.07. The Labute approximate surface area is 154 Å². The Morgan fingerprint density at radius 3 is 2.41 bits per heavy atom. The van der Waals surface area contributed by atoms with E-state index in [2.05, 4.69) is 10.3 Å². The van der Waals surface area contributed by atoms with Crippen LogP contribution in [0.15, 0.2) is 52.9 Å². The molecule has 0 spiro atoms. The van der Waals surface area contributed by atoms with Crippen molar-refractivity contribution in [2.45, 2.75) is 26.4 Å². The fourth-order valence-corrected chi connectivity index (χ4v) is 2.53. The van der Waals surface area contributed by atoms with E-state index in [4.69, 9.17) is 4.42 Å². The van der Waals surface area contributed by atoms with Crippen molar-refractivity contribution >= 4 is 11.6 Å². The summed E-state index contributed by atoms with van der Waals surface area (Å²) in [6.07, 6.45) is -4.42. The quantitative estimate of drug-likeness (QED) is 0.686. The van der Waals surface area contributed by atoms with Crippen LogP contribution in [0.5, 0.6) is 0 Å². The number of nitrogens with zero attached hydrogens (tertiary/aromatic N) is 1. The summed E-state index contributed by atoms with van der Waals surface area (Å²) in [7, 11) is 0. The lowest BCUT2D eigenvalue weighted by Crippen LogP contribution is -2.14. The molecule has 4 nitrogen and oxygen atoms in total. The van der Waals surface area contributed by atoms with Crippen molar-refractivity contribution in [3.05, 3.63) is 71.1 Å². The van der Waals surface area contributed by atoms with Crippen LogP contribution in [0.25, 0.3) is 11.5 Å². The largest absolute Gasteiger partial charge is 0.441 e. The molecule has 1 aromatic heterocycles. The first-order chi connectivity index (χ1) is 12.7. The van der Waals surface area contributed by atoms with Gasteiger partial charge in [-0.3, -0.25) is 4.79 Å². The first-order valence-electron chi connectivity index (χ1n) is 8.23. The lowest BCUT2D eigenvalue weighted by atomic mass is 10.1. The van der Waals surface area contributed by atoms with Crippen LogP contribution in [-0.4, -0.2) is 10.9 Å². The predicted molar refractivity (Wildman–Crippen MR) is 95.2 cm³/mol. The van der Waals surface area contributed by atoms with Gasteiger partial charge in [-0.2, -0.15) is 13.2 Å². The van der Waals surface area contributed by atoms with Crippen LogP contribution < -0.4 is 5.32 Å². The molecule has 0 saturated carbocycles. The van der Waals surface area contributed by atoms with Gasteiger partial charge >= 0.3 is 6.18 Å². The zero-order valence-electron chi connectivity index (χ0n) is 14.7. The third kappa shape index (κ3) is 4.55. The minimum absolute atomic E-state index is 0.0282. The maximum atomic E-state index is 12.6. The molecule has 0 atom stereocenters. The second kappa shape index (κ2) is 7.26. The number of carbonyl (C=O) groups is 1. The number of benzene rings is 2. The number of amides is 1. The molecule has 1 amide bonds. The molecule has 140 valence electrons. The number of rotatable bonds is 4. The van der Waals surface area contributed by atoms with Crippen LogP contribution in [0, 0.1) is 13.8 Å². The van der Waals surface area contributed by atoms with E-state index in [9.17, 15) is 18.0 Å². The van der Waals surface area contributed by atoms with Crippen LogP contribution in [0.3, 0.4) is 0 Å². The molecule has 0 aliphatic rings. The molecule has 0 unspecified atom stereocenters. The summed E-state index contributed by atoms with van der Waals surface area (Å²) in [6, 6.07) is 11.6. The summed E-state index contributed by atoms with van der Waals surface area (Å²) in [6.45, 7) is 3.67. The normalized spacial score (nSPS) is 11.4. The molecule has 1 N–H and O–H groups in total. The SMILES string of the molecule is Cc1nc(-c2cccc(NC(=O)Cc3ccc(C(F)(F)F)cc3)c2)oc1C. The van der Waals surface area contributed by atoms with Crippen molar-refractivity contribution in [1.29, 1.82) is 0 Å². The van der Waals surface area contributed by atoms with Crippen molar-refractivity contribution in [2.75, 3.05) is 5.32 Å². The van der Waals surface area contributed by atoms with Crippen LogP contribution in [0.2, 0.25) is 0 Å². The smallest absolute Gasteiger partial charge is 0.416 e. The molecule has 3 aromatic rings. The predicted octanol–water partition coefficient (Wildman–Crippen LogP) is 5.16. The van der Waals surface area contributed by atoms with Gasteiger partial charge in [0.2, 0.25) is 11.8 Å². The van der Waals surface area contributed by atoms with E-state index >= 15 is 0 Å². The molecule has 0 radical (unpaired) electrons. The summed E-state index contributed by atoms with van der Waals surface area (Å²) in [5, 5.41) is 2.74. The monoisotopic (exact) mass is 374 g/mol. The first kappa shape index (κ1) is 18.7. The second-order valence-corrected chi connectivity index (χ2v) is 6.16. The molecule has 27 heavy (non-hydrogen) atoms. The van der Waals surface area contributed by atoms with Crippen LogP contribution in [0.1, 0.15) is 22.6 Å². The molecule has 2 aromatic carbocycles. The van der Waals surface area contributed by atoms with Gasteiger partial charge in [-0.25, -0.2) is 4.98 Å². The van der Waals surface area contributed by atoms with Gasteiger partial charge in [0.1, 0.15) is 5.76 Å². The maximum Gasteiger partial charge on any atom is 0.416 e. The minimum atomic E-state index is -4.39. The van der Waals surface area contributed by atoms with E-state index in [-0.39, 0.29) is 12.3 Å². The van der Waals surface area contributed by atoms with Gasteiger partial charge in [0.25, 0.3) is 0 Å². The Bertz CT molecular complexity index is 941. The Kier molecular flexibility index (Phi) is 5.03. The first-order valence-corrected chi connectivity index (χ1v) is 8.23. The zero-order valence-corrected chi connectivity index (χ0v) is 14.7. The highest BCUT2D eigenvalue weighted by Crippen LogP contribution is 2.29. The number of anilines is 1. The summed E-state index contributed by atoms with van der Waals surface area (Å²) < 4.78 is 43.3. The molecule has 0 fully saturated rings. The number of hydrogen-bond donors (Lipinski definition) is 1. The summed E-state index contributed by atoms with van der Waals surface area (Å²) >= 11 is 0. The van der Waals surface area contributed by atoms with Gasteiger partial charge in [-0.1, -0.05) is 18.2 Å². The average Bonchev–Trinajstić information content (AvgIpc) is 2.94. The number of oxazole rings is 1. The highest BCUT2D eigenvalue weighted by molar-refractivity contribution is 5.92. The second-order valence-electron chi connectivity index (χ2n) is 6.16. The number of nitrogens with one attached hydrogen (secondary N) is 1. The maximum absolute atomic E-state index is 12.6. The molecule has 0 aliphatic heterocycles. The van der Waals surface area contributed by atoms with E-state index in [1.807, 2.05) is 19.9 Å². The fraction of sp³-hybridized carbons (Fsp3) is 0.200. The topological polar surface area (TPSA) is 55.1 Å². The molecule has 0 saturated heterocycles. The number of halogens is 3. The van der Waals surface area contributed by atoms with E-state index in [1.54, 1.807) is 18.2 Å². The van der Waals surface area contributed by atoms with E-state index in [1.165, 1.54) is 12.1 Å². The number of aryl methyl sites for hydroxylation is 2. The van der Waals surface area contributed by atoms with E-state index in [0.717, 1.165) is 29.2 Å². The molecule has 1 heterocycles. The van der Waals surface area contributed by atoms with Gasteiger partial charge in [0, 0.05) is 11.3 Å². The standard InChI is InChI=1S/C20H17F3N2O2/c1-12-13(2)27-19(24-12)15-4-3-5-17(11-15)25-18(26)10-14-6-8-16(9-7-14)20(21,22)23/h3-9,11H,10H2,1-2H3,(H,25,26). The Morgan fingerprint density at radius 1 is 1.11 bits per heavy atom. The number of alkyl halides is 3. The highest BCUT2D eigenvalue weighted by atomic mass is 19.4. The van der Waals surface area contributed by atoms with Crippen molar-refractivity contribution in [2.24, 2.45) is 0 Å². The molecular formula is C20H17F3N2O2. The van der Waals surface area contributed by atoms with Crippen LogP contribution in [-0.2, 0) is 17.4 Å². The number of carbonyl (C=O) groups excluding carboxylic acids is 1. The fourth-order valence-electron chi connectivity index (χ4n) is 2.53. The number of hydrogen-bond acceptors (Lipinski definition) is 3. The summed E-state index contributed by atoms with van der Waals surface area (Å²) in [5.74, 6) is 0.859. The summed E-state index contributed by atoms with van der Waals surface area (Å²) in [4.78, 5) is 16.5. The van der Waals surface area contributed by atoms with E-state index in [0.29, 0.717) is 17.1 Å². The van der Waals surface area contributed by atoms with Crippen molar-refractivity contribution in [3.63, 3.8) is 0 Å². The molecule has 0 bridgehead atoms. The zero-order chi connectivity index (χ0) is 19.6. The van der Waals surface area contributed by atoms with Gasteiger partial charge in [0.15, 0.2) is 0 Å². The van der Waals surface area contributed by atoms with Crippen LogP contribution >= 0.6 is 0 Å². The molecule has 3 rings (SSSR count). The Balaban J connectivity index is 1.68. The average molecular weight is 374 g/mol. The van der Waals surface area contributed by atoms with Gasteiger partial charge < -0.3 is 9.73 Å². The molecular weight excluding hydrogens is 357 g/mol. The Hall–Kier alpha value is -3.09. The number of aromatic nitrogens is 1. The van der Waals surface area contributed by atoms with Gasteiger partial charge in [-0.15, -0.1) is 0 Å². The molecule has 7 heteroatoms. The van der Waals surface area contributed by atoms with Crippen molar-refractivity contribution < 1.29 is 22.4 Å². The van der Waals surface area contributed by atoms with Crippen molar-refractivity contribution in [3.8, 4) is 11.5 Å². The summed E-state index contributed by atoms with van der Waals surface area (Å²) in [5.41, 5.74) is 1.82. The van der Waals surface area contributed by atoms with Gasteiger partial charge in [-0.05, 0) is 49.7 Å². The third-order valence-corrected chi connectivity index (χ3v) is 4.07. The molecule has 0 aliphatic carbocycles. The van der Waals surface area contributed by atoms with E-state index < -0.39 is 11.7 Å².